The Kier molecular flexibility index (Phi) is 2.25. The molecule has 1 unspecified atom stereocenters. The number of aromatic nitrogens is 1. The summed E-state index contributed by atoms with van der Waals surface area (Å²) >= 11 is 0. The molecular formula is C14H14N2O. The third-order valence-electron chi connectivity index (χ3n) is 3.01. The highest BCUT2D eigenvalue weighted by Crippen LogP contribution is 2.32. The van der Waals surface area contributed by atoms with E-state index in [1.54, 1.807) is 6.20 Å². The van der Waals surface area contributed by atoms with Crippen molar-refractivity contribution in [3.63, 3.8) is 0 Å². The third-order valence-corrected chi connectivity index (χ3v) is 3.01. The SMILES string of the molecule is CC1Cc2cc(-c3ccnc(N)c3)ccc2O1. The lowest BCUT2D eigenvalue weighted by molar-refractivity contribution is 0.254. The molecule has 0 amide bonds. The monoisotopic (exact) mass is 226 g/mol. The topological polar surface area (TPSA) is 48.1 Å². The Balaban J connectivity index is 2.03. The van der Waals surface area contributed by atoms with Gasteiger partial charge in [0.2, 0.25) is 0 Å². The van der Waals surface area contributed by atoms with Gasteiger partial charge in [-0.05, 0) is 47.9 Å². The van der Waals surface area contributed by atoms with Crippen LogP contribution in [0.25, 0.3) is 11.1 Å². The lowest BCUT2D eigenvalue weighted by atomic mass is 10.0. The van der Waals surface area contributed by atoms with Crippen molar-refractivity contribution in [3.05, 3.63) is 42.1 Å². The Morgan fingerprint density at radius 1 is 1.24 bits per heavy atom. The maximum absolute atomic E-state index is 5.69. The molecule has 0 spiro atoms. The molecule has 1 aromatic heterocycles. The van der Waals surface area contributed by atoms with Gasteiger partial charge in [-0.1, -0.05) is 6.07 Å². The van der Waals surface area contributed by atoms with Crippen LogP contribution in [0.1, 0.15) is 12.5 Å². The zero-order valence-corrected chi connectivity index (χ0v) is 9.68. The van der Waals surface area contributed by atoms with Gasteiger partial charge < -0.3 is 10.5 Å². The van der Waals surface area contributed by atoms with Crippen molar-refractivity contribution in [3.8, 4) is 16.9 Å². The number of anilines is 1. The number of fused-ring (bicyclic) bond motifs is 1. The van der Waals surface area contributed by atoms with Crippen LogP contribution < -0.4 is 10.5 Å². The summed E-state index contributed by atoms with van der Waals surface area (Å²) < 4.78 is 5.68. The molecule has 1 atom stereocenters. The minimum absolute atomic E-state index is 0.280. The lowest BCUT2D eigenvalue weighted by Crippen LogP contribution is -2.05. The number of nitrogens with zero attached hydrogens (tertiary/aromatic N) is 1. The minimum Gasteiger partial charge on any atom is -0.490 e. The predicted octanol–water partition coefficient (Wildman–Crippen LogP) is 2.65. The molecule has 0 aliphatic carbocycles. The second-order valence-electron chi connectivity index (χ2n) is 4.42. The van der Waals surface area contributed by atoms with Crippen molar-refractivity contribution in [1.82, 2.24) is 4.98 Å². The molecule has 3 nitrogen and oxygen atoms in total. The van der Waals surface area contributed by atoms with E-state index in [9.17, 15) is 0 Å². The average molecular weight is 226 g/mol. The number of nitrogen functional groups attached to an aromatic ring is 1. The van der Waals surface area contributed by atoms with E-state index in [1.165, 1.54) is 5.56 Å². The van der Waals surface area contributed by atoms with Crippen molar-refractivity contribution in [2.75, 3.05) is 5.73 Å². The molecule has 86 valence electrons. The van der Waals surface area contributed by atoms with Crippen LogP contribution in [0.2, 0.25) is 0 Å². The Bertz CT molecular complexity index is 566. The van der Waals surface area contributed by atoms with Crippen molar-refractivity contribution in [2.24, 2.45) is 0 Å². The molecule has 0 saturated carbocycles. The van der Waals surface area contributed by atoms with Gasteiger partial charge >= 0.3 is 0 Å². The predicted molar refractivity (Wildman–Crippen MR) is 67.9 cm³/mol. The summed E-state index contributed by atoms with van der Waals surface area (Å²) in [6.07, 6.45) is 2.99. The van der Waals surface area contributed by atoms with E-state index in [0.717, 1.165) is 23.3 Å². The van der Waals surface area contributed by atoms with Gasteiger partial charge in [-0.25, -0.2) is 4.98 Å². The summed E-state index contributed by atoms with van der Waals surface area (Å²) in [7, 11) is 0. The largest absolute Gasteiger partial charge is 0.490 e. The highest BCUT2D eigenvalue weighted by molar-refractivity contribution is 5.68. The molecule has 3 rings (SSSR count). The molecule has 17 heavy (non-hydrogen) atoms. The molecule has 0 saturated heterocycles. The van der Waals surface area contributed by atoms with Crippen LogP contribution in [-0.2, 0) is 6.42 Å². The van der Waals surface area contributed by atoms with Crippen LogP contribution in [0.15, 0.2) is 36.5 Å². The van der Waals surface area contributed by atoms with Crippen LogP contribution in [-0.4, -0.2) is 11.1 Å². The van der Waals surface area contributed by atoms with Crippen molar-refractivity contribution >= 4 is 5.82 Å². The van der Waals surface area contributed by atoms with Gasteiger partial charge in [0.05, 0.1) is 0 Å². The van der Waals surface area contributed by atoms with E-state index in [1.807, 2.05) is 18.2 Å². The standard InChI is InChI=1S/C14H14N2O/c1-9-6-12-7-10(2-3-13(12)17-9)11-4-5-16-14(15)8-11/h2-5,7-9H,6H2,1H3,(H2,15,16). The molecule has 1 aliphatic heterocycles. The first-order valence-corrected chi connectivity index (χ1v) is 5.74. The summed E-state index contributed by atoms with van der Waals surface area (Å²) in [6.45, 7) is 2.09. The van der Waals surface area contributed by atoms with E-state index in [2.05, 4.69) is 24.0 Å². The number of pyridine rings is 1. The number of hydrogen-bond donors (Lipinski definition) is 1. The minimum atomic E-state index is 0.280. The molecule has 2 N–H and O–H groups in total. The van der Waals surface area contributed by atoms with Gasteiger partial charge in [0.15, 0.2) is 0 Å². The van der Waals surface area contributed by atoms with Gasteiger partial charge in [-0.3, -0.25) is 0 Å². The van der Waals surface area contributed by atoms with Gasteiger partial charge in [-0.15, -0.1) is 0 Å². The van der Waals surface area contributed by atoms with E-state index < -0.39 is 0 Å². The summed E-state index contributed by atoms with van der Waals surface area (Å²) in [4.78, 5) is 4.00. The van der Waals surface area contributed by atoms with Crippen LogP contribution in [0.5, 0.6) is 5.75 Å². The van der Waals surface area contributed by atoms with E-state index >= 15 is 0 Å². The first kappa shape index (κ1) is 10.1. The fourth-order valence-corrected chi connectivity index (χ4v) is 2.23. The fraction of sp³-hybridized carbons (Fsp3) is 0.214. The van der Waals surface area contributed by atoms with E-state index in [4.69, 9.17) is 10.5 Å². The molecule has 0 fully saturated rings. The highest BCUT2D eigenvalue weighted by atomic mass is 16.5. The van der Waals surface area contributed by atoms with Gasteiger partial charge in [-0.2, -0.15) is 0 Å². The van der Waals surface area contributed by atoms with Crippen LogP contribution in [0, 0.1) is 0 Å². The van der Waals surface area contributed by atoms with Crippen LogP contribution >= 0.6 is 0 Å². The second kappa shape index (κ2) is 3.77. The van der Waals surface area contributed by atoms with Gasteiger partial charge in [0.25, 0.3) is 0 Å². The quantitative estimate of drug-likeness (QED) is 0.813. The summed E-state index contributed by atoms with van der Waals surface area (Å²) in [5, 5.41) is 0. The Morgan fingerprint density at radius 3 is 2.88 bits per heavy atom. The summed E-state index contributed by atoms with van der Waals surface area (Å²) in [5.74, 6) is 1.55. The number of benzene rings is 1. The number of ether oxygens (including phenoxy) is 1. The first-order chi connectivity index (χ1) is 8.22. The molecule has 2 aromatic rings. The average Bonchev–Trinajstić information content (AvgIpc) is 2.68. The zero-order valence-electron chi connectivity index (χ0n) is 9.68. The van der Waals surface area contributed by atoms with E-state index in [-0.39, 0.29) is 6.10 Å². The maximum Gasteiger partial charge on any atom is 0.123 e. The van der Waals surface area contributed by atoms with Crippen molar-refractivity contribution < 1.29 is 4.74 Å². The lowest BCUT2D eigenvalue weighted by Gasteiger charge is -2.05. The Labute approximate surface area is 100 Å². The summed E-state index contributed by atoms with van der Waals surface area (Å²) in [6, 6.07) is 10.1. The zero-order chi connectivity index (χ0) is 11.8. The van der Waals surface area contributed by atoms with Gasteiger partial charge in [0.1, 0.15) is 17.7 Å². The first-order valence-electron chi connectivity index (χ1n) is 5.74. The number of nitrogens with two attached hydrogens (primary N) is 1. The fourth-order valence-electron chi connectivity index (χ4n) is 2.23. The highest BCUT2D eigenvalue weighted by Gasteiger charge is 2.19. The molecule has 1 aliphatic rings. The number of hydrogen-bond acceptors (Lipinski definition) is 3. The van der Waals surface area contributed by atoms with Gasteiger partial charge in [0, 0.05) is 12.6 Å². The number of rotatable bonds is 1. The molecule has 3 heteroatoms. The van der Waals surface area contributed by atoms with E-state index in [0.29, 0.717) is 5.82 Å². The molecule has 1 aromatic carbocycles. The van der Waals surface area contributed by atoms with Crippen molar-refractivity contribution in [1.29, 1.82) is 0 Å². The molecule has 0 radical (unpaired) electrons. The normalized spacial score (nSPS) is 17.6. The smallest absolute Gasteiger partial charge is 0.123 e. The van der Waals surface area contributed by atoms with Crippen LogP contribution in [0.4, 0.5) is 5.82 Å². The Hall–Kier alpha value is -2.03. The molecule has 2 heterocycles. The molecular weight excluding hydrogens is 212 g/mol. The maximum atomic E-state index is 5.69. The Morgan fingerprint density at radius 2 is 2.06 bits per heavy atom. The summed E-state index contributed by atoms with van der Waals surface area (Å²) in [5.41, 5.74) is 9.22. The van der Waals surface area contributed by atoms with Crippen molar-refractivity contribution in [2.45, 2.75) is 19.4 Å². The third kappa shape index (κ3) is 1.84. The molecule has 0 bridgehead atoms. The second-order valence-corrected chi connectivity index (χ2v) is 4.42. The van der Waals surface area contributed by atoms with Crippen LogP contribution in [0.3, 0.4) is 0 Å².